The van der Waals surface area contributed by atoms with Crippen LogP contribution < -0.4 is 5.73 Å². The van der Waals surface area contributed by atoms with Crippen LogP contribution in [0.1, 0.15) is 41.1 Å². The van der Waals surface area contributed by atoms with Crippen LogP contribution in [-0.4, -0.2) is 0 Å². The molecule has 0 aliphatic heterocycles. The normalized spacial score (nSPS) is 21.3. The number of benzene rings is 1. The van der Waals surface area contributed by atoms with Crippen molar-refractivity contribution in [3.63, 3.8) is 0 Å². The summed E-state index contributed by atoms with van der Waals surface area (Å²) >= 11 is 0. The van der Waals surface area contributed by atoms with Gasteiger partial charge >= 0.3 is 0 Å². The van der Waals surface area contributed by atoms with Crippen LogP contribution in [-0.2, 0) is 6.42 Å². The molecule has 1 aromatic carbocycles. The summed E-state index contributed by atoms with van der Waals surface area (Å²) in [5, 5.41) is 0. The molecule has 0 fully saturated rings. The van der Waals surface area contributed by atoms with Crippen molar-refractivity contribution in [1.29, 1.82) is 0 Å². The van der Waals surface area contributed by atoms with E-state index < -0.39 is 0 Å². The van der Waals surface area contributed by atoms with E-state index in [4.69, 9.17) is 5.73 Å². The van der Waals surface area contributed by atoms with Crippen LogP contribution in [0.2, 0.25) is 0 Å². The lowest BCUT2D eigenvalue weighted by Crippen LogP contribution is -2.19. The third-order valence-corrected chi connectivity index (χ3v) is 3.12. The number of rotatable bonds is 0. The van der Waals surface area contributed by atoms with Crippen molar-refractivity contribution in [1.82, 2.24) is 0 Å². The molecular formula is C12H17N. The van der Waals surface area contributed by atoms with Crippen LogP contribution in [0.25, 0.3) is 0 Å². The lowest BCUT2D eigenvalue weighted by molar-refractivity contribution is 0.565. The Morgan fingerprint density at radius 1 is 1.23 bits per heavy atom. The molecule has 0 aromatic heterocycles. The topological polar surface area (TPSA) is 26.0 Å². The number of nitrogens with two attached hydrogens (primary N) is 1. The molecule has 1 aliphatic carbocycles. The van der Waals surface area contributed by atoms with Gasteiger partial charge in [0, 0.05) is 6.04 Å². The minimum Gasteiger partial charge on any atom is -0.324 e. The molecule has 1 aliphatic rings. The van der Waals surface area contributed by atoms with E-state index in [9.17, 15) is 0 Å². The Hall–Kier alpha value is -0.820. The summed E-state index contributed by atoms with van der Waals surface area (Å²) in [6.45, 7) is 4.36. The second kappa shape index (κ2) is 3.15. The van der Waals surface area contributed by atoms with Gasteiger partial charge in [-0.1, -0.05) is 12.1 Å². The molecule has 2 N–H and O–H groups in total. The molecule has 0 saturated heterocycles. The number of fused-ring (bicyclic) bond motifs is 1. The molecule has 0 radical (unpaired) electrons. The van der Waals surface area contributed by atoms with E-state index in [0.717, 1.165) is 6.42 Å². The molecule has 1 aromatic rings. The predicted molar refractivity (Wildman–Crippen MR) is 55.8 cm³/mol. The first-order chi connectivity index (χ1) is 6.20. The van der Waals surface area contributed by atoms with Crippen molar-refractivity contribution in [3.8, 4) is 0 Å². The van der Waals surface area contributed by atoms with Crippen LogP contribution in [0.3, 0.4) is 0 Å². The lowest BCUT2D eigenvalue weighted by atomic mass is 9.83. The fraction of sp³-hybridized carbons (Fsp3) is 0.500. The number of aryl methyl sites for hydroxylation is 2. The Morgan fingerprint density at radius 2 is 1.92 bits per heavy atom. The fourth-order valence-corrected chi connectivity index (χ4v) is 2.38. The number of hydrogen-bond acceptors (Lipinski definition) is 1. The van der Waals surface area contributed by atoms with Gasteiger partial charge < -0.3 is 5.73 Å². The molecule has 0 unspecified atom stereocenters. The van der Waals surface area contributed by atoms with Gasteiger partial charge in [-0.25, -0.2) is 0 Å². The number of hydrogen-bond donors (Lipinski definition) is 1. The average Bonchev–Trinajstić information content (AvgIpc) is 2.12. The quantitative estimate of drug-likeness (QED) is 0.644. The SMILES string of the molecule is Cc1ccc(C)c2c1CCC[C@H]2N. The highest BCUT2D eigenvalue weighted by atomic mass is 14.6. The van der Waals surface area contributed by atoms with E-state index in [1.165, 1.54) is 35.1 Å². The fourth-order valence-electron chi connectivity index (χ4n) is 2.38. The van der Waals surface area contributed by atoms with Gasteiger partial charge in [-0.3, -0.25) is 0 Å². The highest BCUT2D eigenvalue weighted by molar-refractivity contribution is 5.43. The van der Waals surface area contributed by atoms with Crippen molar-refractivity contribution >= 4 is 0 Å². The molecule has 0 amide bonds. The van der Waals surface area contributed by atoms with Crippen LogP contribution in [0.5, 0.6) is 0 Å². The Balaban J connectivity index is 2.60. The zero-order chi connectivity index (χ0) is 9.42. The largest absolute Gasteiger partial charge is 0.324 e. The van der Waals surface area contributed by atoms with E-state index in [2.05, 4.69) is 26.0 Å². The van der Waals surface area contributed by atoms with Gasteiger partial charge in [-0.2, -0.15) is 0 Å². The Bertz CT molecular complexity index is 328. The molecule has 1 heteroatoms. The molecule has 13 heavy (non-hydrogen) atoms. The summed E-state index contributed by atoms with van der Waals surface area (Å²) in [7, 11) is 0. The minimum atomic E-state index is 0.281. The van der Waals surface area contributed by atoms with Crippen LogP contribution in [0.15, 0.2) is 12.1 Å². The molecule has 70 valence electrons. The standard InChI is InChI=1S/C12H17N/c1-8-6-7-9(2)12-10(8)4-3-5-11(12)13/h6-7,11H,3-5,13H2,1-2H3/t11-/m1/s1. The summed E-state index contributed by atoms with van der Waals surface area (Å²) in [6.07, 6.45) is 3.62. The minimum absolute atomic E-state index is 0.281. The first-order valence-electron chi connectivity index (χ1n) is 5.04. The summed E-state index contributed by atoms with van der Waals surface area (Å²) in [5.74, 6) is 0. The molecule has 0 spiro atoms. The predicted octanol–water partition coefficient (Wildman–Crippen LogP) is 2.64. The van der Waals surface area contributed by atoms with Crippen molar-refractivity contribution in [2.24, 2.45) is 5.73 Å². The second-order valence-corrected chi connectivity index (χ2v) is 4.09. The average molecular weight is 175 g/mol. The smallest absolute Gasteiger partial charge is 0.0300 e. The van der Waals surface area contributed by atoms with E-state index >= 15 is 0 Å². The van der Waals surface area contributed by atoms with Gasteiger partial charge in [-0.05, 0) is 55.4 Å². The van der Waals surface area contributed by atoms with E-state index in [1.54, 1.807) is 0 Å². The first-order valence-corrected chi connectivity index (χ1v) is 5.04. The third kappa shape index (κ3) is 1.37. The molecule has 1 atom stereocenters. The lowest BCUT2D eigenvalue weighted by Gasteiger charge is -2.25. The summed E-state index contributed by atoms with van der Waals surface area (Å²) < 4.78 is 0. The van der Waals surface area contributed by atoms with Crippen LogP contribution in [0, 0.1) is 13.8 Å². The monoisotopic (exact) mass is 175 g/mol. The summed E-state index contributed by atoms with van der Waals surface area (Å²) in [4.78, 5) is 0. The highest BCUT2D eigenvalue weighted by Gasteiger charge is 2.19. The van der Waals surface area contributed by atoms with Gasteiger partial charge in [0.1, 0.15) is 0 Å². The third-order valence-electron chi connectivity index (χ3n) is 3.12. The van der Waals surface area contributed by atoms with Crippen LogP contribution >= 0.6 is 0 Å². The van der Waals surface area contributed by atoms with E-state index in [-0.39, 0.29) is 6.04 Å². The van der Waals surface area contributed by atoms with Gasteiger partial charge in [0.2, 0.25) is 0 Å². The Labute approximate surface area is 80.0 Å². The molecule has 0 heterocycles. The Kier molecular flexibility index (Phi) is 2.12. The molecule has 2 rings (SSSR count). The van der Waals surface area contributed by atoms with E-state index in [1.807, 2.05) is 0 Å². The zero-order valence-electron chi connectivity index (χ0n) is 8.43. The summed E-state index contributed by atoms with van der Waals surface area (Å²) in [6, 6.07) is 4.69. The molecule has 0 saturated carbocycles. The highest BCUT2D eigenvalue weighted by Crippen LogP contribution is 2.32. The molecule has 1 nitrogen and oxygen atoms in total. The van der Waals surface area contributed by atoms with Gasteiger partial charge in [0.15, 0.2) is 0 Å². The van der Waals surface area contributed by atoms with Crippen molar-refractivity contribution in [2.45, 2.75) is 39.2 Å². The second-order valence-electron chi connectivity index (χ2n) is 4.09. The summed E-state index contributed by atoms with van der Waals surface area (Å²) in [5.41, 5.74) is 11.8. The maximum absolute atomic E-state index is 6.12. The van der Waals surface area contributed by atoms with Crippen molar-refractivity contribution < 1.29 is 0 Å². The van der Waals surface area contributed by atoms with Crippen LogP contribution in [0.4, 0.5) is 0 Å². The molecule has 0 bridgehead atoms. The van der Waals surface area contributed by atoms with Crippen molar-refractivity contribution in [3.05, 3.63) is 34.4 Å². The maximum Gasteiger partial charge on any atom is 0.0300 e. The van der Waals surface area contributed by atoms with E-state index in [0.29, 0.717) is 0 Å². The maximum atomic E-state index is 6.12. The first kappa shape index (κ1) is 8.76. The zero-order valence-corrected chi connectivity index (χ0v) is 8.43. The van der Waals surface area contributed by atoms with Gasteiger partial charge in [0.05, 0.1) is 0 Å². The van der Waals surface area contributed by atoms with Gasteiger partial charge in [0.25, 0.3) is 0 Å². The molecular weight excluding hydrogens is 158 g/mol. The van der Waals surface area contributed by atoms with Crippen molar-refractivity contribution in [2.75, 3.05) is 0 Å². The van der Waals surface area contributed by atoms with Gasteiger partial charge in [-0.15, -0.1) is 0 Å². The Morgan fingerprint density at radius 3 is 2.62 bits per heavy atom.